The highest BCUT2D eigenvalue weighted by atomic mass is 32.2. The van der Waals surface area contributed by atoms with E-state index in [2.05, 4.69) is 32.9 Å². The normalized spacial score (nSPS) is 27.7. The molecule has 162 valence electrons. The molecule has 4 aliphatic heterocycles. The minimum atomic E-state index is 0.208. The smallest absolute Gasteiger partial charge is 0.254 e. The van der Waals surface area contributed by atoms with Gasteiger partial charge in [-0.05, 0) is 55.2 Å². The topological polar surface area (TPSA) is 26.8 Å². The summed E-state index contributed by atoms with van der Waals surface area (Å²) in [5, 5.41) is 0. The van der Waals surface area contributed by atoms with Gasteiger partial charge < -0.3 is 14.7 Å². The number of amides is 1. The second-order valence-electron chi connectivity index (χ2n) is 9.47. The van der Waals surface area contributed by atoms with E-state index in [0.29, 0.717) is 18.0 Å². The number of likely N-dealkylation sites (tertiary alicyclic amines) is 2. The molecule has 5 heteroatoms. The van der Waals surface area contributed by atoms with Crippen LogP contribution in [0.2, 0.25) is 0 Å². The molecule has 0 aliphatic carbocycles. The first-order valence-corrected chi connectivity index (χ1v) is 12.9. The fraction of sp³-hybridized carbons (Fsp3) is 0.500. The highest BCUT2D eigenvalue weighted by Gasteiger charge is 2.44. The molecule has 0 aromatic heterocycles. The molecule has 2 aromatic rings. The number of hydrogen-bond acceptors (Lipinski definition) is 4. The zero-order valence-electron chi connectivity index (χ0n) is 18.1. The number of hydrogen-bond donors (Lipinski definition) is 0. The van der Waals surface area contributed by atoms with Crippen molar-refractivity contribution in [2.75, 3.05) is 43.4 Å². The Morgan fingerprint density at radius 2 is 1.87 bits per heavy atom. The van der Waals surface area contributed by atoms with Gasteiger partial charge in [0.25, 0.3) is 5.91 Å². The van der Waals surface area contributed by atoms with E-state index in [1.165, 1.54) is 30.0 Å². The van der Waals surface area contributed by atoms with Gasteiger partial charge in [-0.15, -0.1) is 11.8 Å². The Labute approximate surface area is 189 Å². The zero-order chi connectivity index (χ0) is 20.8. The van der Waals surface area contributed by atoms with Crippen LogP contribution in [0.25, 0.3) is 0 Å². The fourth-order valence-electron chi connectivity index (χ4n) is 6.31. The number of benzene rings is 2. The van der Waals surface area contributed by atoms with Gasteiger partial charge in [0.05, 0.1) is 5.69 Å². The molecule has 4 nitrogen and oxygen atoms in total. The summed E-state index contributed by atoms with van der Waals surface area (Å²) in [4.78, 5) is 22.1. The summed E-state index contributed by atoms with van der Waals surface area (Å²) in [5.41, 5.74) is 3.95. The van der Waals surface area contributed by atoms with Crippen LogP contribution >= 0.6 is 11.8 Å². The predicted octanol–water partition coefficient (Wildman–Crippen LogP) is 4.47. The standard InChI is InChI=1S/C26H31N3OS/c30-26(19-7-2-1-3-8-19)28-13-5-9-20(28)17-27-15-12-23-22(18-27)21-10-4-11-24-25(21)29(23)14-6-16-31-24/h1-4,7-8,10-11,20,22-23H,5-6,9,12-18H2/t20-,22+,23+/m1/s1. The maximum Gasteiger partial charge on any atom is 0.254 e. The van der Waals surface area contributed by atoms with E-state index in [4.69, 9.17) is 0 Å². The number of anilines is 1. The molecule has 2 saturated heterocycles. The summed E-state index contributed by atoms with van der Waals surface area (Å²) in [6.07, 6.45) is 4.78. The molecule has 4 aliphatic rings. The first kappa shape index (κ1) is 19.7. The van der Waals surface area contributed by atoms with Crippen molar-refractivity contribution in [3.63, 3.8) is 0 Å². The van der Waals surface area contributed by atoms with Crippen molar-refractivity contribution in [3.05, 3.63) is 59.7 Å². The number of piperidine rings is 1. The Morgan fingerprint density at radius 3 is 2.77 bits per heavy atom. The van der Waals surface area contributed by atoms with Crippen molar-refractivity contribution in [1.82, 2.24) is 9.80 Å². The maximum atomic E-state index is 13.1. The minimum Gasteiger partial charge on any atom is -0.367 e. The van der Waals surface area contributed by atoms with Crippen molar-refractivity contribution in [3.8, 4) is 0 Å². The second-order valence-corrected chi connectivity index (χ2v) is 10.6. The summed E-state index contributed by atoms with van der Waals surface area (Å²) in [7, 11) is 0. The summed E-state index contributed by atoms with van der Waals surface area (Å²) < 4.78 is 0. The highest BCUT2D eigenvalue weighted by Crippen LogP contribution is 2.50. The largest absolute Gasteiger partial charge is 0.367 e. The van der Waals surface area contributed by atoms with Crippen LogP contribution in [0.15, 0.2) is 53.4 Å². The van der Waals surface area contributed by atoms with Crippen molar-refractivity contribution in [2.45, 2.75) is 48.6 Å². The van der Waals surface area contributed by atoms with Gasteiger partial charge in [-0.3, -0.25) is 4.79 Å². The molecule has 0 radical (unpaired) electrons. The van der Waals surface area contributed by atoms with Gasteiger partial charge >= 0.3 is 0 Å². The SMILES string of the molecule is O=C(c1ccccc1)N1CCC[C@@H]1CN1CC[C@H]2[C@@H](C1)c1cccc3c1N2CCCS3. The van der Waals surface area contributed by atoms with E-state index in [0.717, 1.165) is 44.6 Å². The molecule has 6 rings (SSSR count). The van der Waals surface area contributed by atoms with Crippen LogP contribution < -0.4 is 4.90 Å². The van der Waals surface area contributed by atoms with E-state index in [1.54, 1.807) is 11.3 Å². The quantitative estimate of drug-likeness (QED) is 0.714. The van der Waals surface area contributed by atoms with Gasteiger partial charge in [0.2, 0.25) is 0 Å². The molecular weight excluding hydrogens is 402 g/mol. The van der Waals surface area contributed by atoms with E-state index in [9.17, 15) is 4.79 Å². The summed E-state index contributed by atoms with van der Waals surface area (Å²) in [6, 6.07) is 17.8. The molecule has 0 unspecified atom stereocenters. The number of fused-ring (bicyclic) bond motifs is 3. The minimum absolute atomic E-state index is 0.208. The third-order valence-corrected chi connectivity index (χ3v) is 8.84. The molecule has 3 atom stereocenters. The number of thioether (sulfide) groups is 1. The average molecular weight is 434 g/mol. The number of carbonyl (C=O) groups is 1. The predicted molar refractivity (Wildman–Crippen MR) is 127 cm³/mol. The maximum absolute atomic E-state index is 13.1. The first-order valence-electron chi connectivity index (χ1n) is 11.9. The summed E-state index contributed by atoms with van der Waals surface area (Å²) in [5.74, 6) is 2.06. The number of rotatable bonds is 3. The lowest BCUT2D eigenvalue weighted by Gasteiger charge is -2.40. The van der Waals surface area contributed by atoms with Crippen LogP contribution in [0, 0.1) is 0 Å². The molecule has 2 fully saturated rings. The van der Waals surface area contributed by atoms with Crippen LogP contribution in [0.5, 0.6) is 0 Å². The molecule has 0 saturated carbocycles. The molecule has 1 amide bonds. The summed E-state index contributed by atoms with van der Waals surface area (Å²) >= 11 is 2.04. The highest BCUT2D eigenvalue weighted by molar-refractivity contribution is 7.99. The molecule has 4 heterocycles. The van der Waals surface area contributed by atoms with Crippen LogP contribution in [0.3, 0.4) is 0 Å². The van der Waals surface area contributed by atoms with Crippen molar-refractivity contribution < 1.29 is 4.79 Å². The average Bonchev–Trinajstić information content (AvgIpc) is 3.32. The van der Waals surface area contributed by atoms with Crippen LogP contribution in [0.4, 0.5) is 5.69 Å². The Balaban J connectivity index is 1.19. The van der Waals surface area contributed by atoms with E-state index >= 15 is 0 Å². The zero-order valence-corrected chi connectivity index (χ0v) is 18.9. The summed E-state index contributed by atoms with van der Waals surface area (Å²) in [6.45, 7) is 5.41. The molecular formula is C26H31N3OS. The lowest BCUT2D eigenvalue weighted by atomic mass is 9.88. The number of carbonyl (C=O) groups excluding carboxylic acids is 1. The van der Waals surface area contributed by atoms with E-state index in [-0.39, 0.29) is 5.91 Å². The van der Waals surface area contributed by atoms with Gasteiger partial charge in [-0.25, -0.2) is 0 Å². The Bertz CT molecular complexity index is 964. The monoisotopic (exact) mass is 433 g/mol. The second kappa shape index (κ2) is 8.18. The third-order valence-electron chi connectivity index (χ3n) is 7.71. The van der Waals surface area contributed by atoms with Crippen molar-refractivity contribution >= 4 is 23.4 Å². The van der Waals surface area contributed by atoms with Gasteiger partial charge in [0, 0.05) is 61.2 Å². The van der Waals surface area contributed by atoms with Crippen LogP contribution in [0.1, 0.15) is 47.5 Å². The lowest BCUT2D eigenvalue weighted by Crippen LogP contribution is -2.50. The van der Waals surface area contributed by atoms with Gasteiger partial charge in [0.15, 0.2) is 0 Å². The fourth-order valence-corrected chi connectivity index (χ4v) is 7.35. The third kappa shape index (κ3) is 3.46. The van der Waals surface area contributed by atoms with E-state index < -0.39 is 0 Å². The van der Waals surface area contributed by atoms with Crippen LogP contribution in [-0.2, 0) is 0 Å². The molecule has 0 spiro atoms. The molecule has 2 aromatic carbocycles. The van der Waals surface area contributed by atoms with Crippen molar-refractivity contribution in [2.24, 2.45) is 0 Å². The van der Waals surface area contributed by atoms with Gasteiger partial charge in [-0.1, -0.05) is 30.3 Å². The van der Waals surface area contributed by atoms with Crippen molar-refractivity contribution in [1.29, 1.82) is 0 Å². The van der Waals surface area contributed by atoms with Crippen LogP contribution in [-0.4, -0.2) is 66.3 Å². The molecule has 0 bridgehead atoms. The Kier molecular flexibility index (Phi) is 5.19. The van der Waals surface area contributed by atoms with Gasteiger partial charge in [0.1, 0.15) is 0 Å². The Hall–Kier alpha value is -1.98. The first-order chi connectivity index (χ1) is 15.3. The molecule has 0 N–H and O–H groups in total. The van der Waals surface area contributed by atoms with Gasteiger partial charge in [-0.2, -0.15) is 0 Å². The molecule has 31 heavy (non-hydrogen) atoms. The number of para-hydroxylation sites is 1. The van der Waals surface area contributed by atoms with E-state index in [1.807, 2.05) is 42.1 Å². The Morgan fingerprint density at radius 1 is 0.968 bits per heavy atom. The lowest BCUT2D eigenvalue weighted by molar-refractivity contribution is 0.0681. The number of nitrogens with zero attached hydrogens (tertiary/aromatic N) is 3.